The van der Waals surface area contributed by atoms with Crippen LogP contribution in [-0.4, -0.2) is 9.96 Å². The van der Waals surface area contributed by atoms with E-state index in [9.17, 15) is 4.21 Å². The number of fused-ring (bicyclic) bond motifs is 1. The molecule has 0 aliphatic heterocycles. The standard InChI is InChI=1S/C17H14ClIO2S/c1-3-22(20)17-14-9-12(18)8-10(2)15(14)21-16(17)11-4-6-13(19)7-5-11/h4-9H,3H2,1-2H3/t22-/m0/s1. The van der Waals surface area contributed by atoms with E-state index in [0.717, 1.165) is 30.6 Å². The average Bonchev–Trinajstić information content (AvgIpc) is 2.87. The van der Waals surface area contributed by atoms with Crippen LogP contribution in [0.4, 0.5) is 0 Å². The minimum absolute atomic E-state index is 0.539. The summed E-state index contributed by atoms with van der Waals surface area (Å²) in [5.41, 5.74) is 2.65. The molecule has 0 bridgehead atoms. The summed E-state index contributed by atoms with van der Waals surface area (Å²) in [6.07, 6.45) is 0. The Morgan fingerprint density at radius 1 is 1.23 bits per heavy atom. The lowest BCUT2D eigenvalue weighted by molar-refractivity contribution is 0.620. The van der Waals surface area contributed by atoms with Crippen LogP contribution in [0.3, 0.4) is 0 Å². The maximum absolute atomic E-state index is 12.6. The van der Waals surface area contributed by atoms with Crippen molar-refractivity contribution in [1.82, 2.24) is 0 Å². The van der Waals surface area contributed by atoms with Gasteiger partial charge in [-0.15, -0.1) is 0 Å². The molecule has 1 aromatic heterocycles. The van der Waals surface area contributed by atoms with Gasteiger partial charge in [-0.2, -0.15) is 0 Å². The molecular weight excluding hydrogens is 431 g/mol. The van der Waals surface area contributed by atoms with Crippen molar-refractivity contribution in [2.24, 2.45) is 0 Å². The lowest BCUT2D eigenvalue weighted by Crippen LogP contribution is -1.95. The Morgan fingerprint density at radius 3 is 2.55 bits per heavy atom. The van der Waals surface area contributed by atoms with Gasteiger partial charge in [0.2, 0.25) is 0 Å². The zero-order chi connectivity index (χ0) is 15.9. The van der Waals surface area contributed by atoms with Crippen LogP contribution in [0.15, 0.2) is 45.7 Å². The molecule has 0 saturated carbocycles. The average molecular weight is 445 g/mol. The largest absolute Gasteiger partial charge is 0.454 e. The number of aryl methyl sites for hydroxylation is 1. The number of hydrogen-bond acceptors (Lipinski definition) is 2. The van der Waals surface area contributed by atoms with Crippen molar-refractivity contribution in [2.75, 3.05) is 5.75 Å². The number of benzene rings is 2. The van der Waals surface area contributed by atoms with Gasteiger partial charge in [0, 0.05) is 25.3 Å². The summed E-state index contributed by atoms with van der Waals surface area (Å²) in [5, 5.41) is 1.48. The summed E-state index contributed by atoms with van der Waals surface area (Å²) >= 11 is 8.44. The van der Waals surface area contributed by atoms with Crippen LogP contribution in [0, 0.1) is 10.5 Å². The molecule has 2 nitrogen and oxygen atoms in total. The molecule has 0 radical (unpaired) electrons. The van der Waals surface area contributed by atoms with E-state index < -0.39 is 10.8 Å². The maximum Gasteiger partial charge on any atom is 0.151 e. The molecule has 2 aromatic carbocycles. The first kappa shape index (κ1) is 16.0. The first-order valence-electron chi connectivity index (χ1n) is 6.88. The molecule has 0 aliphatic carbocycles. The van der Waals surface area contributed by atoms with Crippen molar-refractivity contribution in [3.05, 3.63) is 50.6 Å². The van der Waals surface area contributed by atoms with Gasteiger partial charge >= 0.3 is 0 Å². The van der Waals surface area contributed by atoms with Gasteiger partial charge in [-0.3, -0.25) is 4.21 Å². The molecule has 3 aromatic rings. The SMILES string of the molecule is CC[S@](=O)c1c(-c2ccc(I)cc2)oc2c(C)cc(Cl)cc12. The fourth-order valence-corrected chi connectivity index (χ4v) is 4.15. The molecule has 0 fully saturated rings. The third kappa shape index (κ3) is 2.84. The van der Waals surface area contributed by atoms with Gasteiger partial charge in [0.25, 0.3) is 0 Å². The van der Waals surface area contributed by atoms with E-state index in [1.807, 2.05) is 50.2 Å². The van der Waals surface area contributed by atoms with Gasteiger partial charge < -0.3 is 4.42 Å². The fourth-order valence-electron chi connectivity index (χ4n) is 2.47. The zero-order valence-electron chi connectivity index (χ0n) is 12.2. The van der Waals surface area contributed by atoms with Gasteiger partial charge in [0.1, 0.15) is 5.58 Å². The number of hydrogen-bond donors (Lipinski definition) is 0. The topological polar surface area (TPSA) is 30.2 Å². The molecule has 0 aliphatic rings. The first-order valence-corrected chi connectivity index (χ1v) is 9.65. The van der Waals surface area contributed by atoms with E-state index in [4.69, 9.17) is 16.0 Å². The van der Waals surface area contributed by atoms with Crippen LogP contribution in [0.1, 0.15) is 12.5 Å². The smallest absolute Gasteiger partial charge is 0.151 e. The van der Waals surface area contributed by atoms with Crippen LogP contribution in [-0.2, 0) is 10.8 Å². The van der Waals surface area contributed by atoms with Crippen LogP contribution in [0.25, 0.3) is 22.3 Å². The normalized spacial score (nSPS) is 12.7. The molecule has 0 saturated heterocycles. The van der Waals surface area contributed by atoms with E-state index in [1.165, 1.54) is 0 Å². The Kier molecular flexibility index (Phi) is 4.61. The van der Waals surface area contributed by atoms with Gasteiger partial charge in [0.15, 0.2) is 5.76 Å². The third-order valence-electron chi connectivity index (χ3n) is 3.49. The molecule has 0 N–H and O–H groups in total. The second-order valence-corrected chi connectivity index (χ2v) is 8.36. The molecule has 0 unspecified atom stereocenters. The molecular formula is C17H14ClIO2S. The molecule has 0 amide bonds. The molecule has 1 heterocycles. The molecule has 3 rings (SSSR count). The Morgan fingerprint density at radius 2 is 1.91 bits per heavy atom. The van der Waals surface area contributed by atoms with E-state index in [-0.39, 0.29) is 0 Å². The van der Waals surface area contributed by atoms with Gasteiger partial charge in [-0.05, 0) is 59.3 Å². The summed E-state index contributed by atoms with van der Waals surface area (Å²) < 4.78 is 19.8. The monoisotopic (exact) mass is 444 g/mol. The van der Waals surface area contributed by atoms with Gasteiger partial charge in [-0.1, -0.05) is 30.7 Å². The van der Waals surface area contributed by atoms with Crippen LogP contribution >= 0.6 is 34.2 Å². The number of furan rings is 1. The van der Waals surface area contributed by atoms with E-state index in [1.54, 1.807) is 0 Å². The number of rotatable bonds is 3. The highest BCUT2D eigenvalue weighted by molar-refractivity contribution is 14.1. The van der Waals surface area contributed by atoms with Crippen molar-refractivity contribution in [2.45, 2.75) is 18.7 Å². The molecule has 5 heteroatoms. The molecule has 22 heavy (non-hydrogen) atoms. The minimum Gasteiger partial charge on any atom is -0.454 e. The predicted octanol–water partition coefficient (Wildman–Crippen LogP) is 5.79. The summed E-state index contributed by atoms with van der Waals surface area (Å²) in [4.78, 5) is 0.740. The van der Waals surface area contributed by atoms with Crippen LogP contribution in [0.5, 0.6) is 0 Å². The summed E-state index contributed by atoms with van der Waals surface area (Å²) in [5.74, 6) is 1.22. The maximum atomic E-state index is 12.6. The highest BCUT2D eigenvalue weighted by atomic mass is 127. The summed E-state index contributed by atoms with van der Waals surface area (Å²) in [7, 11) is -1.12. The first-order chi connectivity index (χ1) is 10.5. The van der Waals surface area contributed by atoms with E-state index >= 15 is 0 Å². The van der Waals surface area contributed by atoms with Crippen molar-refractivity contribution in [1.29, 1.82) is 0 Å². The second kappa shape index (κ2) is 6.34. The van der Waals surface area contributed by atoms with E-state index in [2.05, 4.69) is 22.6 Å². The fraction of sp³-hybridized carbons (Fsp3) is 0.176. The molecule has 1 atom stereocenters. The van der Waals surface area contributed by atoms with Crippen molar-refractivity contribution < 1.29 is 8.63 Å². The lowest BCUT2D eigenvalue weighted by Gasteiger charge is -2.02. The van der Waals surface area contributed by atoms with Crippen molar-refractivity contribution in [3.8, 4) is 11.3 Å². The second-order valence-electron chi connectivity index (χ2n) is 5.00. The van der Waals surface area contributed by atoms with Crippen LogP contribution in [0.2, 0.25) is 5.02 Å². The highest BCUT2D eigenvalue weighted by Crippen LogP contribution is 2.39. The molecule has 114 valence electrons. The predicted molar refractivity (Wildman–Crippen MR) is 101 cm³/mol. The minimum atomic E-state index is -1.12. The Bertz CT molecular complexity index is 868. The van der Waals surface area contributed by atoms with Crippen LogP contribution < -0.4 is 0 Å². The Hall–Kier alpha value is -0.850. The highest BCUT2D eigenvalue weighted by Gasteiger charge is 2.21. The third-order valence-corrected chi connectivity index (χ3v) is 5.81. The quantitative estimate of drug-likeness (QED) is 0.478. The summed E-state index contributed by atoms with van der Waals surface area (Å²) in [6.45, 7) is 3.86. The van der Waals surface area contributed by atoms with Gasteiger partial charge in [0.05, 0.1) is 15.7 Å². The Labute approximate surface area is 150 Å². The number of halogens is 2. The summed E-state index contributed by atoms with van der Waals surface area (Å²) in [6, 6.07) is 11.7. The van der Waals surface area contributed by atoms with Gasteiger partial charge in [-0.25, -0.2) is 0 Å². The van der Waals surface area contributed by atoms with Crippen molar-refractivity contribution >= 4 is 56.0 Å². The molecule has 0 spiro atoms. The van der Waals surface area contributed by atoms with Crippen molar-refractivity contribution in [3.63, 3.8) is 0 Å². The lowest BCUT2D eigenvalue weighted by atomic mass is 10.1. The Balaban J connectivity index is 2.36. The van der Waals surface area contributed by atoms with E-state index in [0.29, 0.717) is 16.5 Å². The zero-order valence-corrected chi connectivity index (χ0v) is 15.9.